The van der Waals surface area contributed by atoms with Gasteiger partial charge >= 0.3 is 12.1 Å². The minimum atomic E-state index is -4.89. The maximum atomic E-state index is 14.3. The summed E-state index contributed by atoms with van der Waals surface area (Å²) in [7, 11) is 0. The molecule has 3 aromatic rings. The summed E-state index contributed by atoms with van der Waals surface area (Å²) in [5, 5.41) is 16.5. The molecule has 0 amide bonds. The Hall–Kier alpha value is -3.94. The van der Waals surface area contributed by atoms with Crippen LogP contribution in [0.5, 0.6) is 5.88 Å². The average Bonchev–Trinajstić information content (AvgIpc) is 3.49. The maximum absolute atomic E-state index is 14.3. The molecule has 5 rings (SSSR count). The summed E-state index contributed by atoms with van der Waals surface area (Å²) in [4.78, 5) is 21.3. The maximum Gasteiger partial charge on any atom is 0.429 e. The molecule has 0 radical (unpaired) electrons. The summed E-state index contributed by atoms with van der Waals surface area (Å²) in [6.45, 7) is 3.26. The van der Waals surface area contributed by atoms with E-state index in [0.29, 0.717) is 50.4 Å². The van der Waals surface area contributed by atoms with Crippen LogP contribution in [-0.2, 0) is 4.79 Å². The smallest absolute Gasteiger partial charge is 0.429 e. The molecule has 2 aliphatic rings. The first-order chi connectivity index (χ1) is 18.4. The minimum Gasteiger partial charge on any atom is -0.480 e. The first-order valence-corrected chi connectivity index (χ1v) is 12.3. The number of carbonyl (C=O) groups is 1. The molecule has 1 aromatic carbocycles. The van der Waals surface area contributed by atoms with Crippen molar-refractivity contribution in [1.29, 1.82) is 0 Å². The van der Waals surface area contributed by atoms with Crippen molar-refractivity contribution in [1.82, 2.24) is 25.1 Å². The number of anilines is 2. The summed E-state index contributed by atoms with van der Waals surface area (Å²) >= 11 is 0. The Morgan fingerprint density at radius 1 is 1.23 bits per heavy atom. The lowest BCUT2D eigenvalue weighted by atomic mass is 9.76. The molecule has 0 bridgehead atoms. The lowest BCUT2D eigenvalue weighted by molar-refractivity contribution is -0.198. The Bertz CT molecular complexity index is 1370. The van der Waals surface area contributed by atoms with Gasteiger partial charge in [-0.1, -0.05) is 0 Å². The second-order valence-electron chi connectivity index (χ2n) is 10.0. The number of carboxylic acid groups (broad SMARTS) is 1. The number of nitrogens with zero attached hydrogens (tertiary/aromatic N) is 5. The van der Waals surface area contributed by atoms with Gasteiger partial charge in [0.05, 0.1) is 11.4 Å². The second-order valence-corrected chi connectivity index (χ2v) is 10.0. The van der Waals surface area contributed by atoms with E-state index in [9.17, 15) is 27.5 Å². The fraction of sp³-hybridized carbons (Fsp3) is 0.440. The second kappa shape index (κ2) is 9.98. The number of aryl methyl sites for hydroxylation is 1. The van der Waals surface area contributed by atoms with E-state index in [1.54, 1.807) is 13.0 Å². The zero-order valence-electron chi connectivity index (χ0n) is 21.0. The summed E-state index contributed by atoms with van der Waals surface area (Å²) in [6.07, 6.45) is -4.08. The zero-order chi connectivity index (χ0) is 27.9. The number of aromatic nitrogens is 4. The Labute approximate surface area is 220 Å². The van der Waals surface area contributed by atoms with E-state index in [1.807, 2.05) is 4.90 Å². The summed E-state index contributed by atoms with van der Waals surface area (Å²) < 4.78 is 63.6. The number of alkyl halides is 3. The van der Waals surface area contributed by atoms with Crippen molar-refractivity contribution in [2.75, 3.05) is 30.3 Å². The topological polar surface area (TPSA) is 131 Å². The highest BCUT2D eigenvalue weighted by Gasteiger charge is 2.46. The van der Waals surface area contributed by atoms with Gasteiger partial charge in [-0.05, 0) is 55.9 Å². The van der Waals surface area contributed by atoms with E-state index < -0.39 is 30.1 Å². The molecule has 1 unspecified atom stereocenters. The van der Waals surface area contributed by atoms with Crippen molar-refractivity contribution in [2.45, 2.75) is 44.5 Å². The summed E-state index contributed by atoms with van der Waals surface area (Å²) in [6, 6.07) is 5.18. The molecule has 2 aromatic heterocycles. The SMILES string of the molecule is Cc1ccn(-c2cc(F)ccc2[C@@H](Oc2cc(N3CCC4(CC3)CNC(C(=O)O)C4)nc(N)n2)C(F)(F)F)n1. The van der Waals surface area contributed by atoms with Crippen LogP contribution in [0.2, 0.25) is 0 Å². The van der Waals surface area contributed by atoms with Crippen molar-refractivity contribution in [3.63, 3.8) is 0 Å². The van der Waals surface area contributed by atoms with Crippen LogP contribution in [0, 0.1) is 18.2 Å². The Balaban J connectivity index is 1.40. The lowest BCUT2D eigenvalue weighted by Crippen LogP contribution is -2.41. The van der Waals surface area contributed by atoms with Crippen molar-refractivity contribution >= 4 is 17.7 Å². The van der Waals surface area contributed by atoms with Crippen molar-refractivity contribution < 1.29 is 32.2 Å². The highest BCUT2D eigenvalue weighted by molar-refractivity contribution is 5.74. The fourth-order valence-corrected chi connectivity index (χ4v) is 5.25. The van der Waals surface area contributed by atoms with Gasteiger partial charge in [0, 0.05) is 37.5 Å². The van der Waals surface area contributed by atoms with Gasteiger partial charge in [0.1, 0.15) is 17.7 Å². The van der Waals surface area contributed by atoms with E-state index in [1.165, 1.54) is 12.3 Å². The normalized spacial score (nSPS) is 19.8. The highest BCUT2D eigenvalue weighted by atomic mass is 19.4. The third-order valence-corrected chi connectivity index (χ3v) is 7.29. The first-order valence-electron chi connectivity index (χ1n) is 12.3. The number of aliphatic carboxylic acids is 1. The third-order valence-electron chi connectivity index (χ3n) is 7.29. The molecule has 0 aliphatic carbocycles. The van der Waals surface area contributed by atoms with Gasteiger partial charge in [-0.15, -0.1) is 0 Å². The quantitative estimate of drug-likeness (QED) is 0.396. The molecule has 2 aliphatic heterocycles. The molecule has 2 atom stereocenters. The molecular weight excluding hydrogens is 522 g/mol. The van der Waals surface area contributed by atoms with Crippen LogP contribution >= 0.6 is 0 Å². The summed E-state index contributed by atoms with van der Waals surface area (Å²) in [5.74, 6) is -1.96. The average molecular weight is 550 g/mol. The Kier molecular flexibility index (Phi) is 6.83. The molecule has 1 spiro atoms. The number of carboxylic acids is 1. The number of ether oxygens (including phenoxy) is 1. The van der Waals surface area contributed by atoms with Crippen molar-refractivity contribution in [3.05, 3.63) is 53.6 Å². The largest absolute Gasteiger partial charge is 0.480 e. The highest BCUT2D eigenvalue weighted by Crippen LogP contribution is 2.42. The number of piperidine rings is 1. The number of nitrogens with two attached hydrogens (primary N) is 1. The van der Waals surface area contributed by atoms with Crippen molar-refractivity contribution in [2.24, 2.45) is 5.41 Å². The molecule has 2 saturated heterocycles. The number of rotatable bonds is 6. The molecule has 14 heteroatoms. The van der Waals surface area contributed by atoms with Gasteiger partial charge in [0.2, 0.25) is 17.9 Å². The molecule has 4 heterocycles. The van der Waals surface area contributed by atoms with E-state index in [-0.39, 0.29) is 28.5 Å². The predicted octanol–water partition coefficient (Wildman–Crippen LogP) is 3.41. The van der Waals surface area contributed by atoms with E-state index in [4.69, 9.17) is 10.5 Å². The number of hydrogen-bond donors (Lipinski definition) is 3. The van der Waals surface area contributed by atoms with Gasteiger partial charge in [0.15, 0.2) is 0 Å². The number of nitrogens with one attached hydrogen (secondary N) is 1. The molecule has 2 fully saturated rings. The molecule has 0 saturated carbocycles. The zero-order valence-corrected chi connectivity index (χ0v) is 21.0. The van der Waals surface area contributed by atoms with Crippen LogP contribution in [-0.4, -0.2) is 62.7 Å². The van der Waals surface area contributed by atoms with Crippen LogP contribution < -0.4 is 20.7 Å². The van der Waals surface area contributed by atoms with Crippen LogP contribution in [0.15, 0.2) is 36.5 Å². The summed E-state index contributed by atoms with van der Waals surface area (Å²) in [5.41, 5.74) is 5.75. The van der Waals surface area contributed by atoms with E-state index >= 15 is 0 Å². The minimum absolute atomic E-state index is 0.126. The molecule has 10 nitrogen and oxygen atoms in total. The third kappa shape index (κ3) is 5.60. The number of hydrogen-bond acceptors (Lipinski definition) is 8. The first kappa shape index (κ1) is 26.7. The van der Waals surface area contributed by atoms with Crippen molar-refractivity contribution in [3.8, 4) is 11.6 Å². The Morgan fingerprint density at radius 3 is 2.59 bits per heavy atom. The standard InChI is InChI=1S/C25H27F4N7O3/c1-14-4-7-36(34-14)18-10-15(26)2-3-16(18)21(25(27,28)29)39-20-11-19(32-23(30)33-20)35-8-5-24(6-9-35)12-17(22(37)38)31-13-24/h2-4,7,10-11,17,21,31H,5-6,8-9,12-13H2,1H3,(H,37,38)(H2,30,32,33)/t17?,21-/m1/s1. The van der Waals surface area contributed by atoms with Crippen LogP contribution in [0.3, 0.4) is 0 Å². The fourth-order valence-electron chi connectivity index (χ4n) is 5.25. The lowest BCUT2D eigenvalue weighted by Gasteiger charge is -2.39. The number of benzene rings is 1. The molecule has 208 valence electrons. The van der Waals surface area contributed by atoms with E-state index in [2.05, 4.69) is 20.4 Å². The molecule has 4 N–H and O–H groups in total. The Morgan fingerprint density at radius 2 is 1.97 bits per heavy atom. The van der Waals surface area contributed by atoms with Crippen LogP contribution in [0.4, 0.5) is 29.3 Å². The predicted molar refractivity (Wildman–Crippen MR) is 132 cm³/mol. The van der Waals surface area contributed by atoms with Gasteiger partial charge in [0.25, 0.3) is 0 Å². The van der Waals surface area contributed by atoms with Crippen LogP contribution in [0.25, 0.3) is 5.69 Å². The number of nitrogen functional groups attached to an aromatic ring is 1. The molecule has 39 heavy (non-hydrogen) atoms. The van der Waals surface area contributed by atoms with Gasteiger partial charge in [-0.25, -0.2) is 9.07 Å². The van der Waals surface area contributed by atoms with Gasteiger partial charge in [-0.3, -0.25) is 4.79 Å². The van der Waals surface area contributed by atoms with E-state index in [0.717, 1.165) is 22.9 Å². The van der Waals surface area contributed by atoms with Gasteiger partial charge < -0.3 is 25.8 Å². The molecular formula is C25H27F4N7O3. The van der Waals surface area contributed by atoms with Crippen LogP contribution in [0.1, 0.15) is 36.6 Å². The van der Waals surface area contributed by atoms with Gasteiger partial charge in [-0.2, -0.15) is 28.2 Å². The monoisotopic (exact) mass is 549 g/mol. The number of halogens is 4.